The van der Waals surface area contributed by atoms with Crippen LogP contribution >= 0.6 is 0 Å². The summed E-state index contributed by atoms with van der Waals surface area (Å²) in [5, 5.41) is 12.3. The molecule has 19 heavy (non-hydrogen) atoms. The molecule has 1 aliphatic rings. The Kier molecular flexibility index (Phi) is 4.61. The number of carbonyl (C=O) groups is 1. The number of furan rings is 1. The van der Waals surface area contributed by atoms with Crippen molar-refractivity contribution < 1.29 is 14.3 Å². The predicted molar refractivity (Wildman–Crippen MR) is 72.0 cm³/mol. The molecule has 0 spiro atoms. The summed E-state index contributed by atoms with van der Waals surface area (Å²) >= 11 is 0. The number of hydrogen-bond acceptors (Lipinski definition) is 4. The molecule has 0 saturated heterocycles. The number of likely N-dealkylation sites (N-methyl/N-ethyl adjacent to an activating group) is 1. The maximum Gasteiger partial charge on any atom is 0.317 e. The number of aliphatic carboxylic acids is 1. The molecule has 1 aromatic rings. The molecule has 1 heterocycles. The molecule has 5 heteroatoms. The average Bonchev–Trinajstić information content (AvgIpc) is 2.71. The van der Waals surface area contributed by atoms with Gasteiger partial charge in [-0.05, 0) is 37.9 Å². The van der Waals surface area contributed by atoms with Crippen LogP contribution in [0, 0.1) is 6.92 Å². The normalized spacial score (nSPS) is 22.5. The molecule has 5 nitrogen and oxygen atoms in total. The second kappa shape index (κ2) is 6.21. The molecule has 0 aromatic carbocycles. The summed E-state index contributed by atoms with van der Waals surface area (Å²) in [6.07, 6.45) is 3.74. The molecular formula is C14H22N2O3. The summed E-state index contributed by atoms with van der Waals surface area (Å²) in [6.45, 7) is 5.74. The van der Waals surface area contributed by atoms with Gasteiger partial charge in [0.1, 0.15) is 5.76 Å². The quantitative estimate of drug-likeness (QED) is 0.785. The molecule has 0 atom stereocenters. The summed E-state index contributed by atoms with van der Waals surface area (Å²) < 4.78 is 5.38. The Hall–Kier alpha value is -1.33. The molecule has 2 N–H and O–H groups in total. The van der Waals surface area contributed by atoms with Crippen LogP contribution in [0.4, 0.5) is 0 Å². The van der Waals surface area contributed by atoms with Crippen LogP contribution in [-0.2, 0) is 11.3 Å². The van der Waals surface area contributed by atoms with Crippen LogP contribution in [-0.4, -0.2) is 41.1 Å². The van der Waals surface area contributed by atoms with Crippen LogP contribution in [0.1, 0.15) is 31.1 Å². The highest BCUT2D eigenvalue weighted by molar-refractivity contribution is 5.69. The maximum absolute atomic E-state index is 10.7. The maximum atomic E-state index is 10.7. The van der Waals surface area contributed by atoms with E-state index in [0.29, 0.717) is 12.1 Å². The first-order valence-corrected chi connectivity index (χ1v) is 6.82. The number of nitrogens with zero attached hydrogens (tertiary/aromatic N) is 1. The van der Waals surface area contributed by atoms with Crippen molar-refractivity contribution in [3.8, 4) is 0 Å². The zero-order valence-electron chi connectivity index (χ0n) is 11.6. The van der Waals surface area contributed by atoms with Crippen molar-refractivity contribution >= 4 is 5.97 Å². The van der Waals surface area contributed by atoms with E-state index in [4.69, 9.17) is 9.52 Å². The third-order valence-corrected chi connectivity index (χ3v) is 3.89. The molecule has 0 amide bonds. The van der Waals surface area contributed by atoms with Gasteiger partial charge in [-0.2, -0.15) is 0 Å². The highest BCUT2D eigenvalue weighted by atomic mass is 16.4. The number of carboxylic acid groups (broad SMARTS) is 1. The molecule has 0 bridgehead atoms. The van der Waals surface area contributed by atoms with Crippen molar-refractivity contribution in [3.05, 3.63) is 23.7 Å². The van der Waals surface area contributed by atoms with Gasteiger partial charge in [0.2, 0.25) is 0 Å². The molecule has 1 aromatic heterocycles. The first-order chi connectivity index (χ1) is 9.10. The molecule has 1 aliphatic carbocycles. The lowest BCUT2D eigenvalue weighted by Crippen LogP contribution is -2.53. The lowest BCUT2D eigenvalue weighted by atomic mass is 9.85. The van der Waals surface area contributed by atoms with E-state index in [0.717, 1.165) is 31.7 Å². The first kappa shape index (κ1) is 14.1. The van der Waals surface area contributed by atoms with Gasteiger partial charge in [0.25, 0.3) is 0 Å². The lowest BCUT2D eigenvalue weighted by molar-refractivity contribution is -0.139. The molecule has 1 fully saturated rings. The minimum Gasteiger partial charge on any atom is -0.480 e. The highest BCUT2D eigenvalue weighted by Crippen LogP contribution is 2.26. The first-order valence-electron chi connectivity index (χ1n) is 6.82. The summed E-state index contributed by atoms with van der Waals surface area (Å²) in [6, 6.07) is 2.83. The van der Waals surface area contributed by atoms with E-state index in [-0.39, 0.29) is 6.54 Å². The predicted octanol–water partition coefficient (Wildman–Crippen LogP) is 1.62. The van der Waals surface area contributed by atoms with Crippen molar-refractivity contribution in [2.24, 2.45) is 0 Å². The van der Waals surface area contributed by atoms with Crippen molar-refractivity contribution in [1.82, 2.24) is 10.2 Å². The van der Waals surface area contributed by atoms with Gasteiger partial charge in [-0.15, -0.1) is 0 Å². The van der Waals surface area contributed by atoms with E-state index in [1.54, 1.807) is 6.26 Å². The van der Waals surface area contributed by atoms with Crippen LogP contribution in [0.2, 0.25) is 0 Å². The van der Waals surface area contributed by atoms with Gasteiger partial charge < -0.3 is 14.8 Å². The summed E-state index contributed by atoms with van der Waals surface area (Å²) in [5.41, 5.74) is 1.17. The second-order valence-electron chi connectivity index (χ2n) is 5.19. The Balaban J connectivity index is 1.71. The fraction of sp³-hybridized carbons (Fsp3) is 0.643. The summed E-state index contributed by atoms with van der Waals surface area (Å²) in [5.74, 6) is 0.241. The van der Waals surface area contributed by atoms with Crippen molar-refractivity contribution in [2.75, 3.05) is 13.1 Å². The fourth-order valence-corrected chi connectivity index (χ4v) is 2.55. The van der Waals surface area contributed by atoms with E-state index < -0.39 is 5.97 Å². The van der Waals surface area contributed by atoms with Gasteiger partial charge in [-0.1, -0.05) is 6.92 Å². The van der Waals surface area contributed by atoms with Crippen LogP contribution in [0.15, 0.2) is 16.7 Å². The van der Waals surface area contributed by atoms with Crippen LogP contribution < -0.4 is 5.32 Å². The summed E-state index contributed by atoms with van der Waals surface area (Å²) in [7, 11) is 0. The molecular weight excluding hydrogens is 244 g/mol. The minimum absolute atomic E-state index is 0.144. The van der Waals surface area contributed by atoms with Gasteiger partial charge in [-0.3, -0.25) is 9.69 Å². The monoisotopic (exact) mass is 266 g/mol. The lowest BCUT2D eigenvalue weighted by Gasteiger charge is -2.42. The topological polar surface area (TPSA) is 65.7 Å². The molecule has 2 rings (SSSR count). The average molecular weight is 266 g/mol. The Bertz CT molecular complexity index is 424. The van der Waals surface area contributed by atoms with Gasteiger partial charge in [0.15, 0.2) is 0 Å². The van der Waals surface area contributed by atoms with Crippen LogP contribution in [0.3, 0.4) is 0 Å². The zero-order chi connectivity index (χ0) is 13.8. The van der Waals surface area contributed by atoms with Gasteiger partial charge in [0, 0.05) is 12.1 Å². The third-order valence-electron chi connectivity index (χ3n) is 3.89. The molecule has 0 aliphatic heterocycles. The Labute approximate surface area is 113 Å². The van der Waals surface area contributed by atoms with Gasteiger partial charge in [-0.25, -0.2) is 0 Å². The highest BCUT2D eigenvalue weighted by Gasteiger charge is 2.33. The molecule has 1 saturated carbocycles. The van der Waals surface area contributed by atoms with E-state index in [2.05, 4.69) is 5.32 Å². The van der Waals surface area contributed by atoms with Gasteiger partial charge >= 0.3 is 5.97 Å². The zero-order valence-corrected chi connectivity index (χ0v) is 11.6. The molecule has 106 valence electrons. The Morgan fingerprint density at radius 3 is 2.84 bits per heavy atom. The third kappa shape index (κ3) is 3.58. The fourth-order valence-electron chi connectivity index (χ4n) is 2.55. The largest absolute Gasteiger partial charge is 0.480 e. The van der Waals surface area contributed by atoms with Crippen molar-refractivity contribution in [2.45, 2.75) is 45.3 Å². The van der Waals surface area contributed by atoms with E-state index in [1.807, 2.05) is 24.8 Å². The van der Waals surface area contributed by atoms with Gasteiger partial charge in [0.05, 0.1) is 19.4 Å². The number of carboxylic acids is 1. The SMILES string of the molecule is CCN(CC(=O)O)C1CC(NCc2occc2C)C1. The smallest absolute Gasteiger partial charge is 0.317 e. The molecule has 0 radical (unpaired) electrons. The standard InChI is InChI=1S/C14H22N2O3/c1-3-16(9-14(17)18)12-6-11(7-12)15-8-13-10(2)4-5-19-13/h4-5,11-12,15H,3,6-9H2,1-2H3,(H,17,18). The molecule has 0 unspecified atom stereocenters. The van der Waals surface area contributed by atoms with Crippen LogP contribution in [0.25, 0.3) is 0 Å². The Morgan fingerprint density at radius 2 is 2.32 bits per heavy atom. The van der Waals surface area contributed by atoms with Crippen molar-refractivity contribution in [3.63, 3.8) is 0 Å². The summed E-state index contributed by atoms with van der Waals surface area (Å²) in [4.78, 5) is 12.8. The van der Waals surface area contributed by atoms with E-state index in [9.17, 15) is 4.79 Å². The number of nitrogens with one attached hydrogen (secondary N) is 1. The minimum atomic E-state index is -0.746. The van der Waals surface area contributed by atoms with Crippen LogP contribution in [0.5, 0.6) is 0 Å². The number of aryl methyl sites for hydroxylation is 1. The van der Waals surface area contributed by atoms with E-state index >= 15 is 0 Å². The second-order valence-corrected chi connectivity index (χ2v) is 5.19. The number of hydrogen-bond donors (Lipinski definition) is 2. The number of rotatable bonds is 7. The van der Waals surface area contributed by atoms with E-state index in [1.165, 1.54) is 5.56 Å². The Morgan fingerprint density at radius 1 is 1.58 bits per heavy atom. The van der Waals surface area contributed by atoms with Crippen molar-refractivity contribution in [1.29, 1.82) is 0 Å².